The van der Waals surface area contributed by atoms with Crippen molar-refractivity contribution >= 4 is 52.2 Å². The Labute approximate surface area is 224 Å². The van der Waals surface area contributed by atoms with Gasteiger partial charge in [0.25, 0.3) is 11.7 Å². The van der Waals surface area contributed by atoms with E-state index in [-0.39, 0.29) is 12.4 Å². The number of hydrogen-bond acceptors (Lipinski definition) is 10. The van der Waals surface area contributed by atoms with Gasteiger partial charge in [0.15, 0.2) is 5.82 Å². The van der Waals surface area contributed by atoms with Crippen LogP contribution in [0.15, 0.2) is 57.8 Å². The standard InChI is InChI=1S/C25H27N11O3.H2/c1-15(26)29-14-30-22-20-19(18(39-2)9-28-22)17(8-27-20)21(37)23(38)34-10-25(11-34)12-35(13-25)24-31-32-33-36(24)16-6-4-3-5-7-16;/h3-9,14,27,32-33H,10-13H2,1-2H3,(H2,26,28,29,30);1H. The molecule has 14 heteroatoms. The number of fused-ring (bicyclic) bond motifs is 1. The van der Waals surface area contributed by atoms with Gasteiger partial charge in [-0.25, -0.2) is 25.5 Å². The number of carbonyl (C=O) groups is 2. The van der Waals surface area contributed by atoms with Gasteiger partial charge in [-0.3, -0.25) is 9.59 Å². The number of para-hydroxylation sites is 1. The second-order valence-electron chi connectivity index (χ2n) is 9.77. The number of hydrazine groups is 2. The molecule has 5 N–H and O–H groups in total. The van der Waals surface area contributed by atoms with Gasteiger partial charge in [-0.05, 0) is 19.1 Å². The number of methoxy groups -OCH3 is 1. The third-order valence-corrected chi connectivity index (χ3v) is 6.96. The summed E-state index contributed by atoms with van der Waals surface area (Å²) in [6.45, 7) is 4.10. The first-order chi connectivity index (χ1) is 18.9. The van der Waals surface area contributed by atoms with E-state index in [0.717, 1.165) is 24.7 Å². The molecule has 0 saturated carbocycles. The number of rotatable bonds is 6. The van der Waals surface area contributed by atoms with Gasteiger partial charge in [-0.2, -0.15) is 0 Å². The predicted octanol–water partition coefficient (Wildman–Crippen LogP) is 0.982. The van der Waals surface area contributed by atoms with Crippen LogP contribution in [0.4, 0.5) is 11.5 Å². The average Bonchev–Trinajstić information content (AvgIpc) is 3.55. The zero-order chi connectivity index (χ0) is 27.1. The number of hydrazone groups is 1. The lowest BCUT2D eigenvalue weighted by Crippen LogP contribution is -2.75. The third-order valence-electron chi connectivity index (χ3n) is 6.96. The Balaban J connectivity index is 0.00000323. The third kappa shape index (κ3) is 4.20. The Morgan fingerprint density at radius 1 is 1.21 bits per heavy atom. The van der Waals surface area contributed by atoms with E-state index in [2.05, 4.69) is 41.0 Å². The second-order valence-corrected chi connectivity index (χ2v) is 9.77. The van der Waals surface area contributed by atoms with E-state index >= 15 is 0 Å². The maximum Gasteiger partial charge on any atom is 0.295 e. The molecule has 1 spiro atoms. The lowest BCUT2D eigenvalue weighted by molar-refractivity contribution is -0.147. The number of nitrogens with two attached hydrogens (primary N) is 1. The molecule has 0 atom stereocenters. The topological polar surface area (TPSA) is 169 Å². The Kier molecular flexibility index (Phi) is 5.87. The van der Waals surface area contributed by atoms with Crippen LogP contribution in [0.25, 0.3) is 10.9 Å². The number of benzene rings is 1. The van der Waals surface area contributed by atoms with E-state index in [4.69, 9.17) is 10.5 Å². The van der Waals surface area contributed by atoms with Gasteiger partial charge >= 0.3 is 0 Å². The number of nitrogens with one attached hydrogen (secondary N) is 3. The number of hydrogen-bond donors (Lipinski definition) is 4. The number of carbonyl (C=O) groups excluding carboxylic acids is 2. The Bertz CT molecular complexity index is 1530. The first-order valence-corrected chi connectivity index (χ1v) is 12.3. The van der Waals surface area contributed by atoms with Crippen molar-refractivity contribution in [2.45, 2.75) is 6.92 Å². The molecule has 5 heterocycles. The lowest BCUT2D eigenvalue weighted by Gasteiger charge is -2.60. The van der Waals surface area contributed by atoms with Crippen molar-refractivity contribution in [1.82, 2.24) is 30.8 Å². The van der Waals surface area contributed by atoms with Crippen LogP contribution in [0, 0.1) is 5.41 Å². The number of amidine groups is 1. The maximum absolute atomic E-state index is 13.3. The second kappa shape index (κ2) is 9.40. The smallest absolute Gasteiger partial charge is 0.295 e. The maximum atomic E-state index is 13.3. The minimum absolute atomic E-state index is 0. The quantitative estimate of drug-likeness (QED) is 0.157. The molecule has 1 aromatic carbocycles. The van der Waals surface area contributed by atoms with Crippen LogP contribution >= 0.6 is 0 Å². The van der Waals surface area contributed by atoms with Crippen LogP contribution in [-0.2, 0) is 4.79 Å². The van der Waals surface area contributed by atoms with Crippen LogP contribution in [0.1, 0.15) is 18.7 Å². The number of ketones is 1. The Morgan fingerprint density at radius 2 is 1.97 bits per heavy atom. The van der Waals surface area contributed by atoms with Crippen molar-refractivity contribution in [2.24, 2.45) is 26.2 Å². The number of H-pyrrole nitrogens is 1. The van der Waals surface area contributed by atoms with E-state index in [1.54, 1.807) is 11.8 Å². The number of amides is 1. The number of Topliss-reactive ketones (excluding diaryl/α,β-unsaturated/α-hetero) is 1. The number of aromatic nitrogens is 2. The van der Waals surface area contributed by atoms with Gasteiger partial charge in [0, 0.05) is 39.2 Å². The van der Waals surface area contributed by atoms with Crippen molar-refractivity contribution in [2.75, 3.05) is 38.3 Å². The average molecular weight is 532 g/mol. The van der Waals surface area contributed by atoms with Gasteiger partial charge < -0.3 is 25.3 Å². The molecule has 2 saturated heterocycles. The summed E-state index contributed by atoms with van der Waals surface area (Å²) in [5.41, 5.74) is 12.9. The van der Waals surface area contributed by atoms with Crippen molar-refractivity contribution in [3.8, 4) is 5.75 Å². The number of aromatic amines is 1. The summed E-state index contributed by atoms with van der Waals surface area (Å²) >= 11 is 0. The molecule has 0 bridgehead atoms. The molecular weight excluding hydrogens is 502 g/mol. The molecule has 0 unspecified atom stereocenters. The number of ether oxygens (including phenoxy) is 1. The molecule has 0 radical (unpaired) electrons. The van der Waals surface area contributed by atoms with E-state index in [1.165, 1.54) is 25.8 Å². The highest BCUT2D eigenvalue weighted by Gasteiger charge is 2.55. The van der Waals surface area contributed by atoms with Gasteiger partial charge in [-0.15, -0.1) is 10.6 Å². The van der Waals surface area contributed by atoms with Crippen molar-refractivity contribution in [3.63, 3.8) is 0 Å². The van der Waals surface area contributed by atoms with Crippen molar-refractivity contribution in [1.29, 1.82) is 0 Å². The van der Waals surface area contributed by atoms with Gasteiger partial charge in [0.05, 0.1) is 41.3 Å². The molecule has 3 aliphatic rings. The SMILES string of the molecule is COc1cnc(N=CN=C(C)N)c2[nH]cc(C(=O)C(=O)N3CC4(C3)CN(C3=NNNN3c3ccccc3)C4)c12.[HH]. The fourth-order valence-corrected chi connectivity index (χ4v) is 5.18. The summed E-state index contributed by atoms with van der Waals surface area (Å²) < 4.78 is 5.43. The van der Waals surface area contributed by atoms with Crippen LogP contribution < -0.4 is 26.5 Å². The first kappa shape index (κ1) is 24.4. The molecule has 3 aromatic rings. The number of likely N-dealkylation sites (tertiary alicyclic amines) is 2. The molecule has 1 amide bonds. The van der Waals surface area contributed by atoms with E-state index in [0.29, 0.717) is 41.4 Å². The van der Waals surface area contributed by atoms with E-state index in [1.807, 2.05) is 35.3 Å². The molecule has 0 aliphatic carbocycles. The van der Waals surface area contributed by atoms with Gasteiger partial charge in [-0.1, -0.05) is 18.2 Å². The number of aliphatic imine (C=N–C) groups is 2. The van der Waals surface area contributed by atoms with E-state index in [9.17, 15) is 9.59 Å². The minimum Gasteiger partial charge on any atom is -0.494 e. The fraction of sp³-hybridized carbons (Fsp3) is 0.280. The largest absolute Gasteiger partial charge is 0.494 e. The minimum atomic E-state index is -0.619. The van der Waals surface area contributed by atoms with Crippen LogP contribution in [0.3, 0.4) is 0 Å². The van der Waals surface area contributed by atoms with Crippen LogP contribution in [-0.4, -0.2) is 82.9 Å². The summed E-state index contributed by atoms with van der Waals surface area (Å²) in [4.78, 5) is 45.6. The summed E-state index contributed by atoms with van der Waals surface area (Å²) in [6, 6.07) is 9.85. The number of anilines is 1. The number of pyridine rings is 1. The monoisotopic (exact) mass is 531 g/mol. The van der Waals surface area contributed by atoms with Crippen molar-refractivity contribution < 1.29 is 15.8 Å². The van der Waals surface area contributed by atoms with Gasteiger partial charge in [0.1, 0.15) is 12.1 Å². The van der Waals surface area contributed by atoms with Gasteiger partial charge in [0.2, 0.25) is 5.96 Å². The fourth-order valence-electron chi connectivity index (χ4n) is 5.18. The van der Waals surface area contributed by atoms with Crippen molar-refractivity contribution in [3.05, 3.63) is 48.3 Å². The Hall–Kier alpha value is -4.98. The number of guanidine groups is 1. The highest BCUT2D eigenvalue weighted by atomic mass is 16.5. The molecule has 2 aromatic heterocycles. The molecule has 202 valence electrons. The zero-order valence-corrected chi connectivity index (χ0v) is 21.4. The molecule has 39 heavy (non-hydrogen) atoms. The molecular formula is C25H29N11O3. The predicted molar refractivity (Wildman–Crippen MR) is 148 cm³/mol. The lowest BCUT2D eigenvalue weighted by atomic mass is 9.72. The molecule has 2 fully saturated rings. The molecule has 14 nitrogen and oxygen atoms in total. The van der Waals surface area contributed by atoms with Crippen LogP contribution in [0.5, 0.6) is 5.75 Å². The zero-order valence-electron chi connectivity index (χ0n) is 21.4. The highest BCUT2D eigenvalue weighted by Crippen LogP contribution is 2.41. The summed E-state index contributed by atoms with van der Waals surface area (Å²) in [7, 11) is 1.48. The summed E-state index contributed by atoms with van der Waals surface area (Å²) in [6.07, 6.45) is 4.22. The molecule has 6 rings (SSSR count). The summed E-state index contributed by atoms with van der Waals surface area (Å²) in [5, 5.41) is 6.68. The van der Waals surface area contributed by atoms with Crippen LogP contribution in [0.2, 0.25) is 0 Å². The highest BCUT2D eigenvalue weighted by molar-refractivity contribution is 6.45. The first-order valence-electron chi connectivity index (χ1n) is 12.3. The summed E-state index contributed by atoms with van der Waals surface area (Å²) in [5.74, 6) is 0.584. The van der Waals surface area contributed by atoms with E-state index < -0.39 is 11.7 Å². The normalized spacial score (nSPS) is 18.3. The Morgan fingerprint density at radius 3 is 2.69 bits per heavy atom. The molecule has 3 aliphatic heterocycles. The number of nitrogens with zero attached hydrogens (tertiary/aromatic N) is 7.